The first-order valence-corrected chi connectivity index (χ1v) is 7.02. The molecule has 0 aromatic rings. The summed E-state index contributed by atoms with van der Waals surface area (Å²) in [4.78, 5) is 11.9. The van der Waals surface area contributed by atoms with Crippen LogP contribution < -0.4 is 10.6 Å². The fourth-order valence-corrected chi connectivity index (χ4v) is 3.47. The van der Waals surface area contributed by atoms with Gasteiger partial charge in [0.25, 0.3) is 0 Å². The number of rotatable bonds is 2. The van der Waals surface area contributed by atoms with Crippen LogP contribution >= 0.6 is 0 Å². The molecular formula is C14H26N2O. The van der Waals surface area contributed by atoms with Gasteiger partial charge in [0.05, 0.1) is 6.04 Å². The van der Waals surface area contributed by atoms with Crippen molar-refractivity contribution in [2.45, 2.75) is 65.0 Å². The molecule has 2 rings (SSSR count). The predicted octanol–water partition coefficient (Wildman–Crippen LogP) is 2.07. The molecule has 1 saturated heterocycles. The van der Waals surface area contributed by atoms with Crippen LogP contribution in [0.5, 0.6) is 0 Å². The monoisotopic (exact) mass is 238 g/mol. The zero-order valence-corrected chi connectivity index (χ0v) is 11.4. The minimum atomic E-state index is 0.0406. The minimum absolute atomic E-state index is 0.0406. The second kappa shape index (κ2) is 4.97. The topological polar surface area (TPSA) is 41.1 Å². The minimum Gasteiger partial charge on any atom is -0.355 e. The van der Waals surface area contributed by atoms with E-state index in [1.807, 2.05) is 0 Å². The molecule has 1 aliphatic carbocycles. The summed E-state index contributed by atoms with van der Waals surface area (Å²) >= 11 is 0. The van der Waals surface area contributed by atoms with Crippen LogP contribution in [0.1, 0.15) is 52.9 Å². The van der Waals surface area contributed by atoms with Gasteiger partial charge in [0.2, 0.25) is 5.91 Å². The van der Waals surface area contributed by atoms with E-state index in [4.69, 9.17) is 0 Å². The molecule has 0 bridgehead atoms. The molecule has 2 aliphatic rings. The summed E-state index contributed by atoms with van der Waals surface area (Å²) in [5.41, 5.74) is 0.429. The maximum absolute atomic E-state index is 11.9. The highest BCUT2D eigenvalue weighted by molar-refractivity contribution is 5.81. The van der Waals surface area contributed by atoms with Crippen LogP contribution in [-0.2, 0) is 4.79 Å². The lowest BCUT2D eigenvalue weighted by molar-refractivity contribution is -0.123. The number of hydrogen-bond donors (Lipinski definition) is 2. The normalized spacial score (nSPS) is 37.6. The van der Waals surface area contributed by atoms with E-state index in [0.29, 0.717) is 17.4 Å². The number of carbonyl (C=O) groups is 1. The molecule has 1 aliphatic heterocycles. The zero-order chi connectivity index (χ0) is 12.5. The predicted molar refractivity (Wildman–Crippen MR) is 69.8 cm³/mol. The Morgan fingerprint density at radius 2 is 2.06 bits per heavy atom. The van der Waals surface area contributed by atoms with Gasteiger partial charge in [-0.3, -0.25) is 4.79 Å². The van der Waals surface area contributed by atoms with Crippen LogP contribution in [0.15, 0.2) is 0 Å². The molecule has 3 atom stereocenters. The molecule has 2 N–H and O–H groups in total. The first kappa shape index (κ1) is 12.9. The Balaban J connectivity index is 1.93. The van der Waals surface area contributed by atoms with Gasteiger partial charge in [-0.05, 0) is 43.4 Å². The molecule has 0 aromatic carbocycles. The van der Waals surface area contributed by atoms with E-state index >= 15 is 0 Å². The molecule has 3 heteroatoms. The summed E-state index contributed by atoms with van der Waals surface area (Å²) in [5.74, 6) is 0.889. The average Bonchev–Trinajstić information content (AvgIpc) is 2.38. The third-order valence-electron chi connectivity index (χ3n) is 4.28. The Morgan fingerprint density at radius 3 is 2.71 bits per heavy atom. The van der Waals surface area contributed by atoms with Crippen LogP contribution in [0, 0.1) is 11.3 Å². The van der Waals surface area contributed by atoms with E-state index < -0.39 is 0 Å². The molecule has 98 valence electrons. The third kappa shape index (κ3) is 3.21. The molecular weight excluding hydrogens is 212 g/mol. The van der Waals surface area contributed by atoms with Gasteiger partial charge in [-0.1, -0.05) is 20.8 Å². The summed E-state index contributed by atoms with van der Waals surface area (Å²) in [6, 6.07) is 0.553. The van der Waals surface area contributed by atoms with Crippen molar-refractivity contribution in [3.05, 3.63) is 0 Å². The van der Waals surface area contributed by atoms with Gasteiger partial charge >= 0.3 is 0 Å². The van der Waals surface area contributed by atoms with Crippen LogP contribution in [0.4, 0.5) is 0 Å². The fourth-order valence-electron chi connectivity index (χ4n) is 3.47. The van der Waals surface area contributed by atoms with Crippen molar-refractivity contribution < 1.29 is 4.79 Å². The average molecular weight is 238 g/mol. The molecule has 0 radical (unpaired) electrons. The van der Waals surface area contributed by atoms with E-state index in [0.717, 1.165) is 25.8 Å². The Morgan fingerprint density at radius 1 is 1.29 bits per heavy atom. The summed E-state index contributed by atoms with van der Waals surface area (Å²) in [6.45, 7) is 7.82. The highest BCUT2D eigenvalue weighted by Gasteiger charge is 2.38. The van der Waals surface area contributed by atoms with Gasteiger partial charge in [0, 0.05) is 12.6 Å². The van der Waals surface area contributed by atoms with Gasteiger partial charge in [0.1, 0.15) is 0 Å². The molecule has 0 unspecified atom stereocenters. The van der Waals surface area contributed by atoms with Gasteiger partial charge in [-0.15, -0.1) is 0 Å². The molecule has 17 heavy (non-hydrogen) atoms. The molecule has 2 fully saturated rings. The zero-order valence-electron chi connectivity index (χ0n) is 11.4. The highest BCUT2D eigenvalue weighted by Crippen LogP contribution is 2.41. The van der Waals surface area contributed by atoms with Gasteiger partial charge < -0.3 is 10.6 Å². The lowest BCUT2D eigenvalue weighted by atomic mass is 9.91. The number of carbonyl (C=O) groups excluding carboxylic acids is 1. The van der Waals surface area contributed by atoms with E-state index in [1.54, 1.807) is 0 Å². The number of nitrogens with one attached hydrogen (secondary N) is 2. The van der Waals surface area contributed by atoms with Gasteiger partial charge in [-0.25, -0.2) is 0 Å². The quantitative estimate of drug-likeness (QED) is 0.773. The lowest BCUT2D eigenvalue weighted by Crippen LogP contribution is -2.48. The Kier molecular flexibility index (Phi) is 3.76. The summed E-state index contributed by atoms with van der Waals surface area (Å²) < 4.78 is 0. The first-order valence-electron chi connectivity index (χ1n) is 7.02. The standard InChI is InChI=1S/C14H26N2O/c1-10-8-14(2,3)9-12(10)16-11-6-4-5-7-15-13(11)17/h10-12,16H,4-9H2,1-3H3,(H,15,17)/t10-,11-,12+/m1/s1. The van der Waals surface area contributed by atoms with Crippen molar-refractivity contribution in [2.75, 3.05) is 6.54 Å². The number of amides is 1. The summed E-state index contributed by atoms with van der Waals surface area (Å²) in [6.07, 6.45) is 5.73. The molecule has 3 nitrogen and oxygen atoms in total. The summed E-state index contributed by atoms with van der Waals surface area (Å²) in [7, 11) is 0. The van der Waals surface area contributed by atoms with E-state index in [9.17, 15) is 4.79 Å². The van der Waals surface area contributed by atoms with Crippen molar-refractivity contribution >= 4 is 5.91 Å². The molecule has 1 amide bonds. The Labute approximate surface area is 105 Å². The van der Waals surface area contributed by atoms with Gasteiger partial charge in [-0.2, -0.15) is 0 Å². The third-order valence-corrected chi connectivity index (χ3v) is 4.28. The van der Waals surface area contributed by atoms with Crippen molar-refractivity contribution in [1.29, 1.82) is 0 Å². The van der Waals surface area contributed by atoms with Crippen molar-refractivity contribution in [1.82, 2.24) is 10.6 Å². The molecule has 1 heterocycles. The van der Waals surface area contributed by atoms with E-state index in [1.165, 1.54) is 12.8 Å². The fraction of sp³-hybridized carbons (Fsp3) is 0.929. The lowest BCUT2D eigenvalue weighted by Gasteiger charge is -2.24. The van der Waals surface area contributed by atoms with Gasteiger partial charge in [0.15, 0.2) is 0 Å². The second-order valence-corrected chi connectivity index (χ2v) is 6.66. The second-order valence-electron chi connectivity index (χ2n) is 6.66. The summed E-state index contributed by atoms with van der Waals surface area (Å²) in [5, 5.41) is 6.60. The largest absolute Gasteiger partial charge is 0.355 e. The van der Waals surface area contributed by atoms with Crippen molar-refractivity contribution in [3.63, 3.8) is 0 Å². The Bertz CT molecular complexity index is 288. The first-order chi connectivity index (χ1) is 7.98. The SMILES string of the molecule is C[C@@H]1CC(C)(C)C[C@@H]1N[C@@H]1CCCCNC1=O. The molecule has 0 aromatic heterocycles. The van der Waals surface area contributed by atoms with Crippen LogP contribution in [0.3, 0.4) is 0 Å². The maximum atomic E-state index is 11.9. The van der Waals surface area contributed by atoms with Crippen molar-refractivity contribution in [3.8, 4) is 0 Å². The molecule has 1 saturated carbocycles. The van der Waals surface area contributed by atoms with E-state index in [2.05, 4.69) is 31.4 Å². The highest BCUT2D eigenvalue weighted by atomic mass is 16.2. The van der Waals surface area contributed by atoms with E-state index in [-0.39, 0.29) is 11.9 Å². The number of hydrogen-bond acceptors (Lipinski definition) is 2. The smallest absolute Gasteiger partial charge is 0.237 e. The molecule has 0 spiro atoms. The van der Waals surface area contributed by atoms with Crippen LogP contribution in [0.25, 0.3) is 0 Å². The maximum Gasteiger partial charge on any atom is 0.237 e. The van der Waals surface area contributed by atoms with Crippen LogP contribution in [0.2, 0.25) is 0 Å². The van der Waals surface area contributed by atoms with Crippen molar-refractivity contribution in [2.24, 2.45) is 11.3 Å². The Hall–Kier alpha value is -0.570. The van der Waals surface area contributed by atoms with Crippen LogP contribution in [-0.4, -0.2) is 24.5 Å².